The predicted molar refractivity (Wildman–Crippen MR) is 90.7 cm³/mol. The molecule has 2 unspecified atom stereocenters. The molecule has 3 rings (SSSR count). The highest BCUT2D eigenvalue weighted by atomic mass is 19.1. The van der Waals surface area contributed by atoms with E-state index in [1.54, 1.807) is 12.1 Å². The van der Waals surface area contributed by atoms with Gasteiger partial charge in [-0.15, -0.1) is 0 Å². The predicted octanol–water partition coefficient (Wildman–Crippen LogP) is 4.75. The molecular formula is C20H22FNO. The van der Waals surface area contributed by atoms with Crippen LogP contribution in [0, 0.1) is 11.7 Å². The second-order valence-electron chi connectivity index (χ2n) is 6.57. The molecule has 0 saturated heterocycles. The molecule has 0 bridgehead atoms. The number of hydrogen-bond acceptors (Lipinski definition) is 1. The van der Waals surface area contributed by atoms with E-state index in [9.17, 15) is 9.18 Å². The smallest absolute Gasteiger partial charge is 0.253 e. The standard InChI is InChI=1S/C20H22FNO/c1-14-3-12-19(13-14)22(2)20(23)17-6-4-15(5-7-17)16-8-10-18(21)11-9-16/h4-11,14,19H,3,12-13H2,1-2H3. The monoisotopic (exact) mass is 311 g/mol. The minimum atomic E-state index is -0.243. The van der Waals surface area contributed by atoms with E-state index in [-0.39, 0.29) is 11.7 Å². The Kier molecular flexibility index (Phi) is 4.46. The quantitative estimate of drug-likeness (QED) is 0.801. The van der Waals surface area contributed by atoms with Gasteiger partial charge in [-0.2, -0.15) is 0 Å². The molecule has 0 N–H and O–H groups in total. The van der Waals surface area contributed by atoms with Crippen molar-refractivity contribution in [2.45, 2.75) is 32.2 Å². The molecule has 0 aliphatic heterocycles. The van der Waals surface area contributed by atoms with Gasteiger partial charge in [0, 0.05) is 18.7 Å². The highest BCUT2D eigenvalue weighted by Gasteiger charge is 2.27. The summed E-state index contributed by atoms with van der Waals surface area (Å²) in [4.78, 5) is 14.5. The van der Waals surface area contributed by atoms with Gasteiger partial charge in [-0.25, -0.2) is 4.39 Å². The number of amides is 1. The second kappa shape index (κ2) is 6.53. The largest absolute Gasteiger partial charge is 0.339 e. The Hall–Kier alpha value is -2.16. The Labute approximate surface area is 136 Å². The number of carbonyl (C=O) groups excluding carboxylic acids is 1. The van der Waals surface area contributed by atoms with E-state index in [4.69, 9.17) is 0 Å². The molecule has 0 radical (unpaired) electrons. The van der Waals surface area contributed by atoms with Crippen molar-refractivity contribution in [3.05, 3.63) is 59.9 Å². The fourth-order valence-electron chi connectivity index (χ4n) is 3.35. The van der Waals surface area contributed by atoms with Crippen LogP contribution >= 0.6 is 0 Å². The molecule has 1 fully saturated rings. The summed E-state index contributed by atoms with van der Waals surface area (Å²) < 4.78 is 13.0. The summed E-state index contributed by atoms with van der Waals surface area (Å²) in [6.07, 6.45) is 3.39. The highest BCUT2D eigenvalue weighted by Crippen LogP contribution is 2.29. The number of benzene rings is 2. The van der Waals surface area contributed by atoms with Crippen LogP contribution in [-0.4, -0.2) is 23.9 Å². The third kappa shape index (κ3) is 3.44. The van der Waals surface area contributed by atoms with E-state index in [1.165, 1.54) is 18.6 Å². The van der Waals surface area contributed by atoms with Crippen molar-refractivity contribution in [3.63, 3.8) is 0 Å². The molecule has 1 amide bonds. The van der Waals surface area contributed by atoms with Gasteiger partial charge in [0.1, 0.15) is 5.82 Å². The summed E-state index contributed by atoms with van der Waals surface area (Å²) in [6.45, 7) is 2.25. The molecule has 2 aromatic rings. The SMILES string of the molecule is CC1CCC(N(C)C(=O)c2ccc(-c3ccc(F)cc3)cc2)C1. The summed E-state index contributed by atoms with van der Waals surface area (Å²) in [5.41, 5.74) is 2.64. The van der Waals surface area contributed by atoms with Crippen LogP contribution in [0.3, 0.4) is 0 Å². The van der Waals surface area contributed by atoms with E-state index < -0.39 is 0 Å². The first-order chi connectivity index (χ1) is 11.0. The lowest BCUT2D eigenvalue weighted by molar-refractivity contribution is 0.0733. The van der Waals surface area contributed by atoms with Crippen LogP contribution in [0.15, 0.2) is 48.5 Å². The third-order valence-corrected chi connectivity index (χ3v) is 4.84. The summed E-state index contributed by atoms with van der Waals surface area (Å²) in [5.74, 6) is 0.541. The minimum Gasteiger partial charge on any atom is -0.339 e. The third-order valence-electron chi connectivity index (χ3n) is 4.84. The van der Waals surface area contributed by atoms with E-state index in [1.807, 2.05) is 36.2 Å². The van der Waals surface area contributed by atoms with Gasteiger partial charge < -0.3 is 4.90 Å². The Bertz CT molecular complexity index is 678. The van der Waals surface area contributed by atoms with Crippen LogP contribution in [0.25, 0.3) is 11.1 Å². The Balaban J connectivity index is 1.73. The van der Waals surface area contributed by atoms with Crippen molar-refractivity contribution in [1.29, 1.82) is 0 Å². The number of halogens is 1. The zero-order valence-electron chi connectivity index (χ0n) is 13.6. The lowest BCUT2D eigenvalue weighted by Crippen LogP contribution is -2.35. The number of hydrogen-bond donors (Lipinski definition) is 0. The number of rotatable bonds is 3. The average molecular weight is 311 g/mol. The van der Waals surface area contributed by atoms with E-state index >= 15 is 0 Å². The molecule has 1 saturated carbocycles. The van der Waals surface area contributed by atoms with Gasteiger partial charge in [0.2, 0.25) is 0 Å². The Morgan fingerprint density at radius 1 is 1.00 bits per heavy atom. The molecule has 0 heterocycles. The Morgan fingerprint density at radius 2 is 1.57 bits per heavy atom. The van der Waals surface area contributed by atoms with Crippen LogP contribution in [0.5, 0.6) is 0 Å². The van der Waals surface area contributed by atoms with Crippen molar-refractivity contribution in [1.82, 2.24) is 4.90 Å². The second-order valence-corrected chi connectivity index (χ2v) is 6.57. The van der Waals surface area contributed by atoms with E-state index in [2.05, 4.69) is 6.92 Å². The van der Waals surface area contributed by atoms with Crippen LogP contribution in [-0.2, 0) is 0 Å². The van der Waals surface area contributed by atoms with Gasteiger partial charge in [-0.1, -0.05) is 31.2 Å². The summed E-state index contributed by atoms with van der Waals surface area (Å²) in [5, 5.41) is 0. The van der Waals surface area contributed by atoms with Gasteiger partial charge >= 0.3 is 0 Å². The maximum Gasteiger partial charge on any atom is 0.253 e. The zero-order chi connectivity index (χ0) is 16.4. The molecule has 2 nitrogen and oxygen atoms in total. The fourth-order valence-corrected chi connectivity index (χ4v) is 3.35. The molecule has 0 spiro atoms. The van der Waals surface area contributed by atoms with Crippen molar-refractivity contribution < 1.29 is 9.18 Å². The van der Waals surface area contributed by atoms with E-state index in [0.717, 1.165) is 24.0 Å². The normalized spacial score (nSPS) is 20.5. The number of carbonyl (C=O) groups is 1. The van der Waals surface area contributed by atoms with Gasteiger partial charge in [-0.05, 0) is 60.6 Å². The molecule has 0 aromatic heterocycles. The van der Waals surface area contributed by atoms with Crippen molar-refractivity contribution >= 4 is 5.91 Å². The maximum absolute atomic E-state index is 13.0. The summed E-state index contributed by atoms with van der Waals surface area (Å²) in [6, 6.07) is 14.3. The van der Waals surface area contributed by atoms with Gasteiger partial charge in [-0.3, -0.25) is 4.79 Å². The molecule has 23 heavy (non-hydrogen) atoms. The van der Waals surface area contributed by atoms with Gasteiger partial charge in [0.25, 0.3) is 5.91 Å². The first-order valence-electron chi connectivity index (χ1n) is 8.18. The highest BCUT2D eigenvalue weighted by molar-refractivity contribution is 5.94. The molecular weight excluding hydrogens is 289 g/mol. The lowest BCUT2D eigenvalue weighted by Gasteiger charge is -2.24. The van der Waals surface area contributed by atoms with Crippen LogP contribution in [0.2, 0.25) is 0 Å². The topological polar surface area (TPSA) is 20.3 Å². The summed E-state index contributed by atoms with van der Waals surface area (Å²) >= 11 is 0. The molecule has 1 aliphatic rings. The Morgan fingerprint density at radius 3 is 2.09 bits per heavy atom. The maximum atomic E-state index is 13.0. The van der Waals surface area contributed by atoms with E-state index in [0.29, 0.717) is 17.5 Å². The number of nitrogens with zero attached hydrogens (tertiary/aromatic N) is 1. The molecule has 2 atom stereocenters. The molecule has 3 heteroatoms. The molecule has 120 valence electrons. The van der Waals surface area contributed by atoms with Crippen molar-refractivity contribution in [2.75, 3.05) is 7.05 Å². The summed E-state index contributed by atoms with van der Waals surface area (Å²) in [7, 11) is 1.90. The van der Waals surface area contributed by atoms with Crippen molar-refractivity contribution in [2.24, 2.45) is 5.92 Å². The minimum absolute atomic E-state index is 0.0785. The van der Waals surface area contributed by atoms with Gasteiger partial charge in [0.15, 0.2) is 0 Å². The van der Waals surface area contributed by atoms with Crippen LogP contribution in [0.1, 0.15) is 36.5 Å². The van der Waals surface area contributed by atoms with Crippen LogP contribution in [0.4, 0.5) is 4.39 Å². The molecule has 1 aliphatic carbocycles. The zero-order valence-corrected chi connectivity index (χ0v) is 13.6. The lowest BCUT2D eigenvalue weighted by atomic mass is 10.0. The fraction of sp³-hybridized carbons (Fsp3) is 0.350. The first kappa shape index (κ1) is 15.7. The first-order valence-corrected chi connectivity index (χ1v) is 8.18. The molecule has 2 aromatic carbocycles. The van der Waals surface area contributed by atoms with Gasteiger partial charge in [0.05, 0.1) is 0 Å². The van der Waals surface area contributed by atoms with Crippen molar-refractivity contribution in [3.8, 4) is 11.1 Å². The van der Waals surface area contributed by atoms with Crippen LogP contribution < -0.4 is 0 Å². The average Bonchev–Trinajstić information content (AvgIpc) is 3.01.